The lowest BCUT2D eigenvalue weighted by Crippen LogP contribution is -2.13. The Bertz CT molecular complexity index is 332. The molecule has 0 spiro atoms. The van der Waals surface area contributed by atoms with Gasteiger partial charge in [0.1, 0.15) is 0 Å². The lowest BCUT2D eigenvalue weighted by molar-refractivity contribution is 0.398. The average Bonchev–Trinajstić information content (AvgIpc) is 2.25. The molecule has 0 aliphatic carbocycles. The first-order chi connectivity index (χ1) is 7.59. The first-order valence-electron chi connectivity index (χ1n) is 5.69. The number of benzene rings is 1. The van der Waals surface area contributed by atoms with Crippen LogP contribution in [0.2, 0.25) is 0 Å². The van der Waals surface area contributed by atoms with Crippen molar-refractivity contribution in [1.29, 1.82) is 0 Å². The van der Waals surface area contributed by atoms with E-state index in [4.69, 9.17) is 0 Å². The van der Waals surface area contributed by atoms with Crippen molar-refractivity contribution in [3.63, 3.8) is 0 Å². The summed E-state index contributed by atoms with van der Waals surface area (Å²) in [5.41, 5.74) is 1.22. The van der Waals surface area contributed by atoms with Gasteiger partial charge in [-0.3, -0.25) is 4.21 Å². The van der Waals surface area contributed by atoms with Crippen molar-refractivity contribution in [1.82, 2.24) is 4.90 Å². The van der Waals surface area contributed by atoms with Crippen LogP contribution in [0.4, 0.5) is 0 Å². The van der Waals surface area contributed by atoms with Crippen LogP contribution in [0.3, 0.4) is 0 Å². The Morgan fingerprint density at radius 3 is 2.31 bits per heavy atom. The Morgan fingerprint density at radius 2 is 1.75 bits per heavy atom. The second-order valence-electron chi connectivity index (χ2n) is 4.37. The molecule has 0 bridgehead atoms. The normalized spacial score (nSPS) is 13.0. The first-order valence-corrected chi connectivity index (χ1v) is 7.01. The zero-order valence-electron chi connectivity index (χ0n) is 10.4. The molecule has 0 fully saturated rings. The summed E-state index contributed by atoms with van der Waals surface area (Å²) >= 11 is 0. The van der Waals surface area contributed by atoms with Gasteiger partial charge in [0, 0.05) is 10.6 Å². The van der Waals surface area contributed by atoms with Crippen LogP contribution in [0.15, 0.2) is 29.2 Å². The third kappa shape index (κ3) is 4.90. The quantitative estimate of drug-likeness (QED) is 0.711. The fourth-order valence-corrected chi connectivity index (χ4v) is 2.61. The molecule has 0 saturated carbocycles. The lowest BCUT2D eigenvalue weighted by atomic mass is 10.2. The Hall–Kier alpha value is -0.670. The summed E-state index contributed by atoms with van der Waals surface area (Å²) in [6, 6.07) is 7.98. The molecule has 0 aromatic heterocycles. The van der Waals surface area contributed by atoms with Gasteiger partial charge < -0.3 is 4.90 Å². The number of unbranched alkanes of at least 4 members (excludes halogenated alkanes) is 1. The van der Waals surface area contributed by atoms with Gasteiger partial charge in [0.05, 0.1) is 10.8 Å². The van der Waals surface area contributed by atoms with Gasteiger partial charge in [0.2, 0.25) is 0 Å². The smallest absolute Gasteiger partial charge is 0.0529 e. The van der Waals surface area contributed by atoms with Gasteiger partial charge in [0.25, 0.3) is 0 Å². The van der Waals surface area contributed by atoms with Gasteiger partial charge in [-0.25, -0.2) is 0 Å². The average molecular weight is 239 g/mol. The molecule has 0 amide bonds. The second kappa shape index (κ2) is 6.81. The number of hydrogen-bond donors (Lipinski definition) is 0. The fraction of sp³-hybridized carbons (Fsp3) is 0.538. The Kier molecular flexibility index (Phi) is 5.71. The van der Waals surface area contributed by atoms with Crippen LogP contribution in [0.1, 0.15) is 18.4 Å². The van der Waals surface area contributed by atoms with E-state index in [9.17, 15) is 4.21 Å². The minimum absolute atomic E-state index is 0.775. The molecule has 0 aliphatic heterocycles. The highest BCUT2D eigenvalue weighted by Crippen LogP contribution is 2.09. The predicted octanol–water partition coefficient (Wildman–Crippen LogP) is 2.44. The van der Waals surface area contributed by atoms with Crippen LogP contribution in [0.5, 0.6) is 0 Å². The molecule has 0 N–H and O–H groups in total. The molecule has 0 saturated heterocycles. The maximum Gasteiger partial charge on any atom is 0.0529 e. The van der Waals surface area contributed by atoms with E-state index in [0.29, 0.717) is 0 Å². The highest BCUT2D eigenvalue weighted by Gasteiger charge is 2.03. The third-order valence-corrected chi connectivity index (χ3v) is 3.93. The van der Waals surface area contributed by atoms with Gasteiger partial charge in [0.15, 0.2) is 0 Å². The first kappa shape index (κ1) is 13.4. The van der Waals surface area contributed by atoms with Gasteiger partial charge in [-0.05, 0) is 52.5 Å². The molecule has 0 heterocycles. The van der Waals surface area contributed by atoms with E-state index >= 15 is 0 Å². The number of nitrogens with zero attached hydrogens (tertiary/aromatic N) is 1. The van der Waals surface area contributed by atoms with Gasteiger partial charge in [-0.1, -0.05) is 17.7 Å². The van der Waals surface area contributed by atoms with Crippen molar-refractivity contribution >= 4 is 10.8 Å². The monoisotopic (exact) mass is 239 g/mol. The van der Waals surface area contributed by atoms with E-state index in [0.717, 1.165) is 30.0 Å². The minimum Gasteiger partial charge on any atom is -0.309 e. The molecule has 90 valence electrons. The molecule has 1 unspecified atom stereocenters. The van der Waals surface area contributed by atoms with Crippen molar-refractivity contribution in [2.45, 2.75) is 24.7 Å². The van der Waals surface area contributed by atoms with Crippen LogP contribution < -0.4 is 0 Å². The summed E-state index contributed by atoms with van der Waals surface area (Å²) < 4.78 is 11.9. The third-order valence-electron chi connectivity index (χ3n) is 2.47. The fourth-order valence-electron chi connectivity index (χ4n) is 1.47. The molecule has 0 aliphatic rings. The summed E-state index contributed by atoms with van der Waals surface area (Å²) in [5.74, 6) is 0.775. The molecule has 1 rings (SSSR count). The molecular weight excluding hydrogens is 218 g/mol. The molecule has 3 heteroatoms. The van der Waals surface area contributed by atoms with Crippen molar-refractivity contribution in [2.24, 2.45) is 0 Å². The summed E-state index contributed by atoms with van der Waals surface area (Å²) in [6.07, 6.45) is 2.14. The Morgan fingerprint density at radius 1 is 1.12 bits per heavy atom. The number of hydrogen-bond acceptors (Lipinski definition) is 2. The van der Waals surface area contributed by atoms with Gasteiger partial charge >= 0.3 is 0 Å². The van der Waals surface area contributed by atoms with Gasteiger partial charge in [-0.15, -0.1) is 0 Å². The van der Waals surface area contributed by atoms with Gasteiger partial charge in [-0.2, -0.15) is 0 Å². The van der Waals surface area contributed by atoms with Crippen molar-refractivity contribution < 1.29 is 4.21 Å². The van der Waals surface area contributed by atoms with Crippen LogP contribution >= 0.6 is 0 Å². The van der Waals surface area contributed by atoms with E-state index in [1.165, 1.54) is 5.56 Å². The molecular formula is C13H21NOS. The molecule has 1 aromatic carbocycles. The number of rotatable bonds is 6. The molecule has 16 heavy (non-hydrogen) atoms. The molecule has 1 aromatic rings. The van der Waals surface area contributed by atoms with Crippen molar-refractivity contribution in [3.05, 3.63) is 29.8 Å². The summed E-state index contributed by atoms with van der Waals surface area (Å²) in [6.45, 7) is 3.12. The van der Waals surface area contributed by atoms with Crippen LogP contribution in [-0.4, -0.2) is 35.5 Å². The molecule has 1 atom stereocenters. The van der Waals surface area contributed by atoms with E-state index in [-0.39, 0.29) is 0 Å². The summed E-state index contributed by atoms with van der Waals surface area (Å²) in [4.78, 5) is 3.12. The van der Waals surface area contributed by atoms with E-state index in [1.807, 2.05) is 31.2 Å². The van der Waals surface area contributed by atoms with Crippen LogP contribution in [0.25, 0.3) is 0 Å². The molecule has 2 nitrogen and oxygen atoms in total. The van der Waals surface area contributed by atoms with Crippen LogP contribution in [0, 0.1) is 6.92 Å². The predicted molar refractivity (Wildman–Crippen MR) is 70.2 cm³/mol. The zero-order chi connectivity index (χ0) is 12.0. The molecule has 0 radical (unpaired) electrons. The minimum atomic E-state index is -0.825. The highest BCUT2D eigenvalue weighted by molar-refractivity contribution is 7.85. The topological polar surface area (TPSA) is 20.3 Å². The second-order valence-corrected chi connectivity index (χ2v) is 5.94. The Labute approximate surface area is 101 Å². The van der Waals surface area contributed by atoms with E-state index in [1.54, 1.807) is 0 Å². The summed E-state index contributed by atoms with van der Waals surface area (Å²) in [7, 11) is 3.31. The van der Waals surface area contributed by atoms with Crippen molar-refractivity contribution in [2.75, 3.05) is 26.4 Å². The van der Waals surface area contributed by atoms with E-state index < -0.39 is 10.8 Å². The van der Waals surface area contributed by atoms with E-state index in [2.05, 4.69) is 19.0 Å². The SMILES string of the molecule is Cc1ccc(S(=O)CCCCN(C)C)cc1. The maximum absolute atomic E-state index is 11.9. The highest BCUT2D eigenvalue weighted by atomic mass is 32.2. The van der Waals surface area contributed by atoms with Crippen LogP contribution in [-0.2, 0) is 10.8 Å². The summed E-state index contributed by atoms with van der Waals surface area (Å²) in [5, 5.41) is 0. The maximum atomic E-state index is 11.9. The standard InChI is InChI=1S/C13H21NOS/c1-12-6-8-13(9-7-12)16(15)11-5-4-10-14(2)3/h6-9H,4-5,10-11H2,1-3H3. The Balaban J connectivity index is 2.32. The largest absolute Gasteiger partial charge is 0.309 e. The zero-order valence-corrected chi connectivity index (χ0v) is 11.2. The lowest BCUT2D eigenvalue weighted by Gasteiger charge is -2.08. The number of aryl methyl sites for hydroxylation is 1. The van der Waals surface area contributed by atoms with Crippen molar-refractivity contribution in [3.8, 4) is 0 Å².